The largest absolute Gasteiger partial charge is 0.286 e. The topological polar surface area (TPSA) is 46.6 Å². The molecule has 0 amide bonds. The van der Waals surface area contributed by atoms with Crippen LogP contribution in [-0.2, 0) is 21.3 Å². The molecule has 0 N–H and O–H groups in total. The quantitative estimate of drug-likeness (QED) is 0.182. The molecule has 0 bridgehead atoms. The summed E-state index contributed by atoms with van der Waals surface area (Å²) in [5.41, 5.74) is 1.66. The molecule has 0 aliphatic carbocycles. The lowest BCUT2D eigenvalue weighted by Gasteiger charge is -2.23. The minimum Gasteiger partial charge on any atom is -0.259 e. The lowest BCUT2D eigenvalue weighted by atomic mass is 10.1. The van der Waals surface area contributed by atoms with Crippen LogP contribution in [0.4, 0.5) is 5.69 Å². The average Bonchev–Trinajstić information content (AvgIpc) is 2.81. The normalized spacial score (nSPS) is 11.6. The Morgan fingerprint density at radius 1 is 0.781 bits per heavy atom. The Balaban J connectivity index is 1.89. The van der Waals surface area contributed by atoms with Crippen molar-refractivity contribution in [3.8, 4) is 0 Å². The molecule has 0 aliphatic rings. The van der Waals surface area contributed by atoms with Crippen LogP contribution in [0.5, 0.6) is 0 Å². The van der Waals surface area contributed by atoms with Crippen LogP contribution in [0, 0.1) is 6.92 Å². The van der Waals surface area contributed by atoms with Crippen LogP contribution in [0.3, 0.4) is 0 Å². The van der Waals surface area contributed by atoms with Gasteiger partial charge >= 0.3 is 0 Å². The fourth-order valence-corrected chi connectivity index (χ4v) is 5.00. The van der Waals surface area contributed by atoms with Crippen LogP contribution in [0.1, 0.15) is 83.1 Å². The molecule has 4 nitrogen and oxygen atoms in total. The van der Waals surface area contributed by atoms with Gasteiger partial charge < -0.3 is 0 Å². The fourth-order valence-electron chi connectivity index (χ4n) is 3.70. The van der Waals surface area contributed by atoms with Crippen molar-refractivity contribution in [1.29, 1.82) is 0 Å². The molecule has 2 aromatic carbocycles. The molecule has 0 aliphatic heterocycles. The molecule has 1 radical (unpaired) electrons. The van der Waals surface area contributed by atoms with E-state index >= 15 is 0 Å². The van der Waals surface area contributed by atoms with E-state index in [0.29, 0.717) is 12.3 Å². The standard InChI is InChI=1S/C27H40NO3S/c1-3-5-6-7-8-9-10-11-12-16-24-31-28(26-22-20-25(17-4-2)21-23-26)32(29,30)27-18-14-13-15-19-27/h13-15,18-23H,2-12,16-17,24H2,1H3. The van der Waals surface area contributed by atoms with E-state index in [-0.39, 0.29) is 4.90 Å². The summed E-state index contributed by atoms with van der Waals surface area (Å²) in [7, 11) is -3.79. The van der Waals surface area contributed by atoms with Crippen molar-refractivity contribution in [3.05, 3.63) is 67.1 Å². The molecular formula is C27H40NO3S. The van der Waals surface area contributed by atoms with Crippen molar-refractivity contribution in [2.45, 2.75) is 88.9 Å². The number of benzene rings is 2. The number of aryl methyl sites for hydroxylation is 1. The number of nitrogens with zero attached hydrogens (tertiary/aromatic N) is 1. The molecule has 2 aromatic rings. The van der Waals surface area contributed by atoms with Crippen LogP contribution in [0.2, 0.25) is 0 Å². The highest BCUT2D eigenvalue weighted by atomic mass is 32.2. The van der Waals surface area contributed by atoms with Gasteiger partial charge in [-0.05, 0) is 49.1 Å². The molecule has 2 rings (SSSR count). The lowest BCUT2D eigenvalue weighted by Crippen LogP contribution is -2.31. The third-order valence-corrected chi connectivity index (χ3v) is 7.20. The summed E-state index contributed by atoms with van der Waals surface area (Å²) in [6.45, 7) is 6.50. The van der Waals surface area contributed by atoms with Gasteiger partial charge in [0.2, 0.25) is 0 Å². The second-order valence-electron chi connectivity index (χ2n) is 8.33. The zero-order chi connectivity index (χ0) is 23.1. The summed E-state index contributed by atoms with van der Waals surface area (Å²) < 4.78 is 27.6. The van der Waals surface area contributed by atoms with Gasteiger partial charge in [-0.25, -0.2) is 0 Å². The fraction of sp³-hybridized carbons (Fsp3) is 0.519. The predicted molar refractivity (Wildman–Crippen MR) is 134 cm³/mol. The summed E-state index contributed by atoms with van der Waals surface area (Å²) in [4.78, 5) is 6.08. The molecule has 0 saturated heterocycles. The third-order valence-electron chi connectivity index (χ3n) is 5.58. The van der Waals surface area contributed by atoms with E-state index in [2.05, 4.69) is 13.8 Å². The van der Waals surface area contributed by atoms with Crippen molar-refractivity contribution >= 4 is 15.7 Å². The molecule has 0 aromatic heterocycles. The van der Waals surface area contributed by atoms with Gasteiger partial charge in [-0.15, -0.1) is 4.47 Å². The number of unbranched alkanes of at least 4 members (excludes halogenated alkanes) is 9. The Kier molecular flexibility index (Phi) is 12.4. The van der Waals surface area contributed by atoms with Crippen LogP contribution < -0.4 is 4.47 Å². The predicted octanol–water partition coefficient (Wildman–Crippen LogP) is 7.50. The second-order valence-corrected chi connectivity index (χ2v) is 10.1. The highest BCUT2D eigenvalue weighted by Gasteiger charge is 2.26. The van der Waals surface area contributed by atoms with E-state index in [1.165, 1.54) is 51.4 Å². The van der Waals surface area contributed by atoms with E-state index in [1.54, 1.807) is 24.3 Å². The monoisotopic (exact) mass is 458 g/mol. The highest BCUT2D eigenvalue weighted by molar-refractivity contribution is 7.92. The van der Waals surface area contributed by atoms with Gasteiger partial charge in [0, 0.05) is 0 Å². The van der Waals surface area contributed by atoms with Gasteiger partial charge in [0.15, 0.2) is 0 Å². The van der Waals surface area contributed by atoms with Crippen molar-refractivity contribution < 1.29 is 13.3 Å². The molecule has 32 heavy (non-hydrogen) atoms. The zero-order valence-corrected chi connectivity index (χ0v) is 20.5. The zero-order valence-electron chi connectivity index (χ0n) is 19.7. The first-order chi connectivity index (χ1) is 15.6. The van der Waals surface area contributed by atoms with Crippen LogP contribution in [0.15, 0.2) is 59.5 Å². The van der Waals surface area contributed by atoms with Gasteiger partial charge in [-0.3, -0.25) is 4.84 Å². The number of sulfonamides is 1. The average molecular weight is 459 g/mol. The Morgan fingerprint density at radius 3 is 1.91 bits per heavy atom. The molecule has 0 spiro atoms. The number of hydrogen-bond acceptors (Lipinski definition) is 3. The summed E-state index contributed by atoms with van der Waals surface area (Å²) in [6.07, 6.45) is 13.9. The van der Waals surface area contributed by atoms with Gasteiger partial charge in [-0.2, -0.15) is 8.42 Å². The maximum Gasteiger partial charge on any atom is 0.286 e. The second kappa shape index (κ2) is 15.1. The van der Waals surface area contributed by atoms with E-state index in [4.69, 9.17) is 4.84 Å². The van der Waals surface area contributed by atoms with Crippen LogP contribution in [0.25, 0.3) is 0 Å². The molecule has 0 saturated carbocycles. The van der Waals surface area contributed by atoms with Crippen LogP contribution in [-0.4, -0.2) is 15.0 Å². The minimum atomic E-state index is -3.79. The molecule has 177 valence electrons. The molecule has 0 atom stereocenters. The maximum absolute atomic E-state index is 13.2. The van der Waals surface area contributed by atoms with Crippen LogP contribution >= 0.6 is 0 Å². The first-order valence-corrected chi connectivity index (χ1v) is 13.6. The number of hydrogen-bond donors (Lipinski definition) is 0. The van der Waals surface area contributed by atoms with Gasteiger partial charge in [0.05, 0.1) is 17.2 Å². The van der Waals surface area contributed by atoms with Crippen molar-refractivity contribution in [1.82, 2.24) is 0 Å². The first kappa shape index (κ1) is 26.4. The summed E-state index contributed by atoms with van der Waals surface area (Å²) in [5, 5.41) is 0. The van der Waals surface area contributed by atoms with E-state index in [0.717, 1.165) is 35.7 Å². The Labute approximate surface area is 196 Å². The Morgan fingerprint density at radius 2 is 1.34 bits per heavy atom. The van der Waals surface area contributed by atoms with E-state index < -0.39 is 10.0 Å². The summed E-state index contributed by atoms with van der Waals surface area (Å²) >= 11 is 0. The molecule has 0 fully saturated rings. The molecule has 0 unspecified atom stereocenters. The molecular weight excluding hydrogens is 418 g/mol. The number of anilines is 1. The van der Waals surface area contributed by atoms with Gasteiger partial charge in [-0.1, -0.05) is 102 Å². The van der Waals surface area contributed by atoms with E-state index in [9.17, 15) is 8.42 Å². The maximum atomic E-state index is 13.2. The molecule has 5 heteroatoms. The van der Waals surface area contributed by atoms with E-state index in [1.807, 2.05) is 30.3 Å². The summed E-state index contributed by atoms with van der Waals surface area (Å²) in [6, 6.07) is 16.0. The summed E-state index contributed by atoms with van der Waals surface area (Å²) in [5.74, 6) is 0. The van der Waals surface area contributed by atoms with Crippen molar-refractivity contribution in [2.75, 3.05) is 11.1 Å². The van der Waals surface area contributed by atoms with Gasteiger partial charge in [0.1, 0.15) is 0 Å². The lowest BCUT2D eigenvalue weighted by molar-refractivity contribution is 0.144. The minimum absolute atomic E-state index is 0.227. The SMILES string of the molecule is [CH2]CCc1ccc(N(OCCCCCCCCCCCC)S(=O)(=O)c2ccccc2)cc1. The van der Waals surface area contributed by atoms with Crippen molar-refractivity contribution in [2.24, 2.45) is 0 Å². The first-order valence-electron chi connectivity index (χ1n) is 12.2. The third kappa shape index (κ3) is 8.95. The Bertz CT molecular complexity index is 835. The Hall–Kier alpha value is -1.85. The smallest absolute Gasteiger partial charge is 0.259 e. The van der Waals surface area contributed by atoms with Gasteiger partial charge in [0.25, 0.3) is 10.0 Å². The number of rotatable bonds is 17. The van der Waals surface area contributed by atoms with Crippen molar-refractivity contribution in [3.63, 3.8) is 0 Å². The molecule has 0 heterocycles. The highest BCUT2D eigenvalue weighted by Crippen LogP contribution is 2.25.